The molecule has 5 nitrogen and oxygen atoms in total. The van der Waals surface area contributed by atoms with Crippen LogP contribution in [0.1, 0.15) is 27.0 Å². The molecule has 3 aromatic carbocycles. The number of pyridine rings is 1. The monoisotopic (exact) mass is 457 g/mol. The summed E-state index contributed by atoms with van der Waals surface area (Å²) in [7, 11) is 0. The predicted octanol–water partition coefficient (Wildman–Crippen LogP) is 1.37. The third-order valence-corrected chi connectivity index (χ3v) is 4.87. The van der Waals surface area contributed by atoms with Crippen LogP contribution in [0.3, 0.4) is 0 Å². The maximum absolute atomic E-state index is 12.3. The average Bonchev–Trinajstić information content (AvgIpc) is 2.85. The van der Waals surface area contributed by atoms with Gasteiger partial charge >= 0.3 is 0 Å². The maximum atomic E-state index is 12.3. The van der Waals surface area contributed by atoms with E-state index in [1.807, 2.05) is 89.8 Å². The smallest absolute Gasteiger partial charge is 0.271 e. The van der Waals surface area contributed by atoms with Crippen molar-refractivity contribution in [3.8, 4) is 5.75 Å². The van der Waals surface area contributed by atoms with Crippen molar-refractivity contribution >= 4 is 12.1 Å². The fourth-order valence-electron chi connectivity index (χ4n) is 3.13. The topological polar surface area (TPSA) is 54.6 Å². The molecule has 0 aliphatic heterocycles. The van der Waals surface area contributed by atoms with E-state index in [0.717, 1.165) is 23.4 Å². The molecule has 166 valence electrons. The zero-order chi connectivity index (χ0) is 22.0. The summed E-state index contributed by atoms with van der Waals surface area (Å²) in [6.45, 7) is 1.28. The second-order valence-corrected chi connectivity index (χ2v) is 7.29. The van der Waals surface area contributed by atoms with Gasteiger partial charge in [0.25, 0.3) is 5.91 Å². The number of nitrogens with one attached hydrogen (secondary N) is 1. The highest BCUT2D eigenvalue weighted by atomic mass is 35.5. The first-order valence-corrected chi connectivity index (χ1v) is 10.4. The number of amides is 1. The van der Waals surface area contributed by atoms with Crippen LogP contribution in [0.25, 0.3) is 0 Å². The second-order valence-electron chi connectivity index (χ2n) is 7.29. The molecule has 33 heavy (non-hydrogen) atoms. The number of carbonyl (C=O) groups is 1. The lowest BCUT2D eigenvalue weighted by Gasteiger charge is -2.06. The number of carbonyl (C=O) groups excluding carboxylic acids is 1. The summed E-state index contributed by atoms with van der Waals surface area (Å²) < 4.78 is 7.80. The van der Waals surface area contributed by atoms with Crippen LogP contribution in [-0.4, -0.2) is 12.1 Å². The third-order valence-electron chi connectivity index (χ3n) is 4.87. The lowest BCUT2D eigenvalue weighted by molar-refractivity contribution is -0.688. The lowest BCUT2D eigenvalue weighted by atomic mass is 10.2. The van der Waals surface area contributed by atoms with Crippen LogP contribution in [0.4, 0.5) is 0 Å². The summed E-state index contributed by atoms with van der Waals surface area (Å²) in [6.07, 6.45) is 5.39. The van der Waals surface area contributed by atoms with Crippen LogP contribution in [-0.2, 0) is 13.2 Å². The Morgan fingerprint density at radius 3 is 2.06 bits per heavy atom. The molecule has 0 fully saturated rings. The van der Waals surface area contributed by atoms with E-state index in [9.17, 15) is 4.79 Å². The Balaban J connectivity index is 0.00000306. The van der Waals surface area contributed by atoms with Crippen molar-refractivity contribution in [2.75, 3.05) is 0 Å². The van der Waals surface area contributed by atoms with Crippen molar-refractivity contribution in [2.45, 2.75) is 13.2 Å². The molecule has 0 bridgehead atoms. The number of benzene rings is 3. The van der Waals surface area contributed by atoms with Crippen LogP contribution in [0.2, 0.25) is 0 Å². The molecule has 1 amide bonds. The molecule has 6 heteroatoms. The number of hydrogen-bond acceptors (Lipinski definition) is 3. The number of hydrogen-bond donors (Lipinski definition) is 1. The predicted molar refractivity (Wildman–Crippen MR) is 124 cm³/mol. The van der Waals surface area contributed by atoms with Crippen molar-refractivity contribution in [2.24, 2.45) is 5.10 Å². The van der Waals surface area contributed by atoms with Crippen LogP contribution in [0, 0.1) is 0 Å². The molecule has 0 saturated heterocycles. The van der Waals surface area contributed by atoms with Crippen LogP contribution in [0.5, 0.6) is 5.75 Å². The van der Waals surface area contributed by atoms with E-state index in [2.05, 4.69) is 22.7 Å². The second kappa shape index (κ2) is 12.2. The third kappa shape index (κ3) is 7.30. The number of halogens is 1. The van der Waals surface area contributed by atoms with E-state index >= 15 is 0 Å². The number of nitrogens with zero attached hydrogens (tertiary/aromatic N) is 2. The highest BCUT2D eigenvalue weighted by molar-refractivity contribution is 5.94. The Kier molecular flexibility index (Phi) is 8.74. The Labute approximate surface area is 199 Å². The number of hydrazone groups is 1. The summed E-state index contributed by atoms with van der Waals surface area (Å²) in [5.41, 5.74) is 6.31. The van der Waals surface area contributed by atoms with Gasteiger partial charge in [0.05, 0.1) is 11.8 Å². The van der Waals surface area contributed by atoms with E-state index in [1.165, 1.54) is 5.56 Å². The molecule has 1 N–H and O–H groups in total. The van der Waals surface area contributed by atoms with Gasteiger partial charge in [-0.3, -0.25) is 4.79 Å². The van der Waals surface area contributed by atoms with Gasteiger partial charge < -0.3 is 17.1 Å². The molecule has 4 aromatic rings. The molecule has 0 aliphatic carbocycles. The minimum atomic E-state index is -0.254. The first-order valence-electron chi connectivity index (χ1n) is 10.4. The van der Waals surface area contributed by atoms with Crippen molar-refractivity contribution in [3.05, 3.63) is 132 Å². The Morgan fingerprint density at radius 2 is 1.42 bits per heavy atom. The summed E-state index contributed by atoms with van der Waals surface area (Å²) in [5.74, 6) is 0.527. The minimum Gasteiger partial charge on any atom is -1.00 e. The van der Waals surface area contributed by atoms with Gasteiger partial charge in [0.2, 0.25) is 0 Å². The molecular weight excluding hydrogens is 434 g/mol. The number of rotatable bonds is 8. The zero-order valence-electron chi connectivity index (χ0n) is 18.0. The molecule has 0 aliphatic rings. The Morgan fingerprint density at radius 1 is 0.818 bits per heavy atom. The van der Waals surface area contributed by atoms with Crippen LogP contribution < -0.4 is 27.1 Å². The summed E-state index contributed by atoms with van der Waals surface area (Å²) in [6, 6.07) is 31.3. The largest absolute Gasteiger partial charge is 1.00 e. The quantitative estimate of drug-likeness (QED) is 0.247. The molecular formula is C27H24ClN3O2. The van der Waals surface area contributed by atoms with E-state index in [1.54, 1.807) is 18.3 Å². The molecule has 1 heterocycles. The fourth-order valence-corrected chi connectivity index (χ4v) is 3.13. The highest BCUT2D eigenvalue weighted by Gasteiger charge is 2.08. The summed E-state index contributed by atoms with van der Waals surface area (Å²) in [4.78, 5) is 12.3. The standard InChI is InChI=1S/C27H23N3O2.ClH/c31-27(25-15-17-30(18-16-25)20-23-7-3-1-4-8-23)29-28-19-22-11-13-26(14-12-22)32-21-24-9-5-2-6-10-24;/h1-19H,20-21H2;1H. The van der Waals surface area contributed by atoms with E-state index in [-0.39, 0.29) is 18.3 Å². The number of ether oxygens (including phenoxy) is 1. The van der Waals surface area contributed by atoms with Gasteiger partial charge in [-0.15, -0.1) is 0 Å². The lowest BCUT2D eigenvalue weighted by Crippen LogP contribution is -3.00. The van der Waals surface area contributed by atoms with Crippen LogP contribution in [0.15, 0.2) is 115 Å². The normalized spacial score (nSPS) is 10.4. The molecule has 0 atom stereocenters. The molecule has 0 saturated carbocycles. The Bertz CT molecular complexity index is 1160. The SMILES string of the molecule is O=C(N/N=C/c1ccc(OCc2ccccc2)cc1)c1cc[n+](Cc2ccccc2)cc1.[Cl-]. The van der Waals surface area contributed by atoms with Crippen molar-refractivity contribution in [1.29, 1.82) is 0 Å². The van der Waals surface area contributed by atoms with Gasteiger partial charge in [0, 0.05) is 17.7 Å². The molecule has 0 unspecified atom stereocenters. The summed E-state index contributed by atoms with van der Waals surface area (Å²) in [5, 5.41) is 4.06. The molecule has 0 radical (unpaired) electrons. The van der Waals surface area contributed by atoms with E-state index in [0.29, 0.717) is 12.2 Å². The Hall–Kier alpha value is -3.96. The van der Waals surface area contributed by atoms with Gasteiger partial charge in [0.15, 0.2) is 18.9 Å². The van der Waals surface area contributed by atoms with Crippen molar-refractivity contribution in [3.63, 3.8) is 0 Å². The van der Waals surface area contributed by atoms with Gasteiger partial charge in [-0.05, 0) is 35.4 Å². The molecule has 0 spiro atoms. The summed E-state index contributed by atoms with van der Waals surface area (Å²) >= 11 is 0. The highest BCUT2D eigenvalue weighted by Crippen LogP contribution is 2.13. The number of aromatic nitrogens is 1. The minimum absolute atomic E-state index is 0. The van der Waals surface area contributed by atoms with Gasteiger partial charge in [-0.25, -0.2) is 9.99 Å². The van der Waals surface area contributed by atoms with Gasteiger partial charge in [-0.1, -0.05) is 60.7 Å². The maximum Gasteiger partial charge on any atom is 0.271 e. The first kappa shape index (κ1) is 23.7. The van der Waals surface area contributed by atoms with Crippen LogP contribution >= 0.6 is 0 Å². The first-order chi connectivity index (χ1) is 15.8. The van der Waals surface area contributed by atoms with E-state index in [4.69, 9.17) is 4.74 Å². The fraction of sp³-hybridized carbons (Fsp3) is 0.0741. The average molecular weight is 458 g/mol. The van der Waals surface area contributed by atoms with Gasteiger partial charge in [-0.2, -0.15) is 5.10 Å². The van der Waals surface area contributed by atoms with Gasteiger partial charge in [0.1, 0.15) is 12.4 Å². The van der Waals surface area contributed by atoms with Crippen molar-refractivity contribution in [1.82, 2.24) is 5.43 Å². The van der Waals surface area contributed by atoms with Crippen molar-refractivity contribution < 1.29 is 26.5 Å². The molecule has 4 rings (SSSR count). The molecule has 1 aromatic heterocycles. The van der Waals surface area contributed by atoms with E-state index < -0.39 is 0 Å². The zero-order valence-corrected chi connectivity index (χ0v) is 18.7.